The van der Waals surface area contributed by atoms with Crippen LogP contribution in [-0.2, 0) is 17.9 Å². The molecule has 1 aliphatic carbocycles. The number of carbonyl (C=O) groups excluding carboxylic acids is 2. The van der Waals surface area contributed by atoms with Gasteiger partial charge < -0.3 is 14.8 Å². The molecule has 1 unspecified atom stereocenters. The molecular formula is C28H34N4O2S. The van der Waals surface area contributed by atoms with Crippen LogP contribution in [0.1, 0.15) is 61.5 Å². The number of carbonyl (C=O) groups is 2. The Morgan fingerprint density at radius 3 is 2.57 bits per heavy atom. The monoisotopic (exact) mass is 490 g/mol. The molecule has 2 aliphatic heterocycles. The number of amides is 2. The number of nitrogens with one attached hydrogen (secondary N) is 1. The first kappa shape index (κ1) is 22.8. The van der Waals surface area contributed by atoms with Crippen molar-refractivity contribution in [3.63, 3.8) is 0 Å². The summed E-state index contributed by atoms with van der Waals surface area (Å²) in [7, 11) is 0. The summed E-state index contributed by atoms with van der Waals surface area (Å²) in [5.74, 6) is 0.0115. The van der Waals surface area contributed by atoms with Crippen molar-refractivity contribution in [1.29, 1.82) is 0 Å². The van der Waals surface area contributed by atoms with Gasteiger partial charge in [0.15, 0.2) is 0 Å². The molecule has 35 heavy (non-hydrogen) atoms. The molecule has 2 amide bonds. The first-order valence-electron chi connectivity index (χ1n) is 13.0. The molecule has 1 atom stereocenters. The molecule has 0 radical (unpaired) electrons. The summed E-state index contributed by atoms with van der Waals surface area (Å²) in [5.41, 5.74) is 2.21. The average molecular weight is 491 g/mol. The summed E-state index contributed by atoms with van der Waals surface area (Å²) in [6.07, 6.45) is 6.19. The Bertz CT molecular complexity index is 1220. The quantitative estimate of drug-likeness (QED) is 0.567. The maximum absolute atomic E-state index is 14.0. The predicted octanol–water partition coefficient (Wildman–Crippen LogP) is 4.64. The lowest BCUT2D eigenvalue weighted by atomic mass is 9.89. The molecule has 184 valence electrons. The van der Waals surface area contributed by atoms with Crippen LogP contribution in [0.3, 0.4) is 0 Å². The molecule has 7 heteroatoms. The fourth-order valence-electron chi connectivity index (χ4n) is 6.39. The number of hydrogen-bond donors (Lipinski definition) is 1. The van der Waals surface area contributed by atoms with Gasteiger partial charge in [-0.15, -0.1) is 11.3 Å². The second-order valence-electron chi connectivity index (χ2n) is 10.7. The van der Waals surface area contributed by atoms with Gasteiger partial charge in [-0.1, -0.05) is 43.2 Å². The summed E-state index contributed by atoms with van der Waals surface area (Å²) in [6.45, 7) is 5.30. The van der Waals surface area contributed by atoms with Gasteiger partial charge in [0.25, 0.3) is 5.91 Å². The summed E-state index contributed by atoms with van der Waals surface area (Å²) in [6, 6.07) is 15.0. The predicted molar refractivity (Wildman–Crippen MR) is 140 cm³/mol. The maximum atomic E-state index is 14.0. The fourth-order valence-corrected chi connectivity index (χ4v) is 7.22. The molecule has 1 N–H and O–H groups in total. The molecule has 1 saturated carbocycles. The maximum Gasteiger partial charge on any atom is 0.271 e. The Labute approximate surface area is 210 Å². The number of benzene rings is 1. The zero-order chi connectivity index (χ0) is 24.0. The van der Waals surface area contributed by atoms with Gasteiger partial charge in [-0.25, -0.2) is 0 Å². The first-order valence-corrected chi connectivity index (χ1v) is 13.9. The zero-order valence-electron chi connectivity index (χ0n) is 20.4. The second-order valence-corrected chi connectivity index (χ2v) is 11.6. The van der Waals surface area contributed by atoms with Gasteiger partial charge in [0.05, 0.1) is 16.8 Å². The van der Waals surface area contributed by atoms with E-state index < -0.39 is 5.54 Å². The van der Waals surface area contributed by atoms with E-state index in [1.54, 1.807) is 11.3 Å². The molecule has 0 spiro atoms. The Hall–Kier alpha value is -2.64. The standard InChI is InChI=1S/C28H34N4O2S/c1-28(27(34)29-21-9-5-6-10-21)19-31-23-13-16-35-25(23)17-24(31)26(33)32(28)22-11-14-30(15-12-22)18-20-7-3-2-4-8-20/h2-4,7-8,13,16-17,21-22H,5-6,9-12,14-15,18-19H2,1H3,(H,29,34). The average Bonchev–Trinajstić information content (AvgIpc) is 3.60. The SMILES string of the molecule is CC1(C(=O)NC2CCCC2)Cn2c(cc3sccc32)C(=O)N1C1CCN(Cc2ccccc2)CC1. The van der Waals surface area contributed by atoms with Gasteiger partial charge >= 0.3 is 0 Å². The number of rotatable bonds is 5. The molecule has 1 aromatic carbocycles. The lowest BCUT2D eigenvalue weighted by molar-refractivity contribution is -0.135. The van der Waals surface area contributed by atoms with E-state index in [4.69, 9.17) is 0 Å². The molecule has 3 aromatic rings. The van der Waals surface area contributed by atoms with Crippen LogP contribution >= 0.6 is 11.3 Å². The Morgan fingerprint density at radius 2 is 1.83 bits per heavy atom. The van der Waals surface area contributed by atoms with Crippen molar-refractivity contribution < 1.29 is 9.59 Å². The molecular weight excluding hydrogens is 456 g/mol. The van der Waals surface area contributed by atoms with E-state index in [0.29, 0.717) is 6.54 Å². The largest absolute Gasteiger partial charge is 0.351 e. The molecule has 1 saturated heterocycles. The van der Waals surface area contributed by atoms with Crippen molar-refractivity contribution in [2.24, 2.45) is 0 Å². The van der Waals surface area contributed by atoms with E-state index in [9.17, 15) is 9.59 Å². The van der Waals surface area contributed by atoms with Gasteiger partial charge in [-0.3, -0.25) is 14.5 Å². The highest BCUT2D eigenvalue weighted by molar-refractivity contribution is 7.17. The highest BCUT2D eigenvalue weighted by Gasteiger charge is 2.51. The third kappa shape index (κ3) is 4.08. The third-order valence-electron chi connectivity index (χ3n) is 8.31. The van der Waals surface area contributed by atoms with E-state index in [2.05, 4.69) is 56.6 Å². The van der Waals surface area contributed by atoms with Crippen molar-refractivity contribution in [3.05, 3.63) is 59.1 Å². The van der Waals surface area contributed by atoms with E-state index >= 15 is 0 Å². The van der Waals surface area contributed by atoms with Crippen molar-refractivity contribution in [2.45, 2.75) is 76.2 Å². The molecule has 2 aromatic heterocycles. The van der Waals surface area contributed by atoms with Crippen LogP contribution in [-0.4, -0.2) is 56.9 Å². The lowest BCUT2D eigenvalue weighted by Gasteiger charge is -2.50. The van der Waals surface area contributed by atoms with Crippen LogP contribution in [0.25, 0.3) is 10.2 Å². The van der Waals surface area contributed by atoms with Crippen LogP contribution in [0.5, 0.6) is 0 Å². The van der Waals surface area contributed by atoms with Gasteiger partial charge in [0.1, 0.15) is 11.2 Å². The topological polar surface area (TPSA) is 57.6 Å². The summed E-state index contributed by atoms with van der Waals surface area (Å²) >= 11 is 1.66. The van der Waals surface area contributed by atoms with Gasteiger partial charge in [-0.05, 0) is 55.7 Å². The van der Waals surface area contributed by atoms with Crippen LogP contribution < -0.4 is 5.32 Å². The van der Waals surface area contributed by atoms with Crippen LogP contribution in [0.2, 0.25) is 0 Å². The fraction of sp³-hybridized carbons (Fsp3) is 0.500. The number of piperidine rings is 1. The van der Waals surface area contributed by atoms with Crippen molar-refractivity contribution >= 4 is 33.4 Å². The van der Waals surface area contributed by atoms with Gasteiger partial charge in [0, 0.05) is 31.7 Å². The Kier molecular flexibility index (Phi) is 5.93. The minimum absolute atomic E-state index is 0.00484. The summed E-state index contributed by atoms with van der Waals surface area (Å²) in [4.78, 5) is 32.3. The van der Waals surface area contributed by atoms with E-state index in [1.807, 2.05) is 17.9 Å². The number of hydrogen-bond acceptors (Lipinski definition) is 4. The van der Waals surface area contributed by atoms with E-state index in [0.717, 1.165) is 61.2 Å². The first-order chi connectivity index (χ1) is 17.0. The van der Waals surface area contributed by atoms with Gasteiger partial charge in [-0.2, -0.15) is 0 Å². The molecule has 6 rings (SSSR count). The van der Waals surface area contributed by atoms with Crippen LogP contribution in [0.15, 0.2) is 47.8 Å². The number of thiophene rings is 1. The second kappa shape index (κ2) is 9.10. The lowest BCUT2D eigenvalue weighted by Crippen LogP contribution is -2.68. The number of nitrogens with zero attached hydrogens (tertiary/aromatic N) is 3. The third-order valence-corrected chi connectivity index (χ3v) is 9.16. The summed E-state index contributed by atoms with van der Waals surface area (Å²) < 4.78 is 3.20. The van der Waals surface area contributed by atoms with Crippen molar-refractivity contribution in [2.75, 3.05) is 13.1 Å². The Morgan fingerprint density at radius 1 is 1.09 bits per heavy atom. The van der Waals surface area contributed by atoms with Crippen LogP contribution in [0.4, 0.5) is 0 Å². The van der Waals surface area contributed by atoms with E-state index in [-0.39, 0.29) is 23.9 Å². The van der Waals surface area contributed by atoms with Crippen molar-refractivity contribution in [3.8, 4) is 0 Å². The van der Waals surface area contributed by atoms with Crippen molar-refractivity contribution in [1.82, 2.24) is 19.7 Å². The molecule has 3 aliphatic rings. The molecule has 2 fully saturated rings. The highest BCUT2D eigenvalue weighted by Crippen LogP contribution is 2.37. The zero-order valence-corrected chi connectivity index (χ0v) is 21.2. The minimum atomic E-state index is -0.896. The molecule has 4 heterocycles. The normalized spacial score (nSPS) is 24.3. The van der Waals surface area contributed by atoms with E-state index in [1.165, 1.54) is 18.4 Å². The summed E-state index contributed by atoms with van der Waals surface area (Å²) in [5, 5.41) is 5.39. The number of fused-ring (bicyclic) bond motifs is 3. The molecule has 6 nitrogen and oxygen atoms in total. The minimum Gasteiger partial charge on any atom is -0.351 e. The smallest absolute Gasteiger partial charge is 0.271 e. The number of likely N-dealkylation sites (tertiary alicyclic amines) is 1. The molecule has 0 bridgehead atoms. The number of aromatic nitrogens is 1. The van der Waals surface area contributed by atoms with Gasteiger partial charge in [0.2, 0.25) is 5.91 Å². The van der Waals surface area contributed by atoms with Crippen LogP contribution in [0, 0.1) is 0 Å². The Balaban J connectivity index is 1.27. The highest BCUT2D eigenvalue weighted by atomic mass is 32.1.